The van der Waals surface area contributed by atoms with E-state index in [0.717, 1.165) is 36.9 Å². The van der Waals surface area contributed by atoms with Gasteiger partial charge in [0.2, 0.25) is 0 Å². The van der Waals surface area contributed by atoms with Gasteiger partial charge < -0.3 is 5.32 Å². The second kappa shape index (κ2) is 4.85. The molecule has 0 saturated heterocycles. The summed E-state index contributed by atoms with van der Waals surface area (Å²) in [5.41, 5.74) is 1.73. The van der Waals surface area contributed by atoms with Crippen LogP contribution in [0.5, 0.6) is 0 Å². The van der Waals surface area contributed by atoms with Crippen LogP contribution in [-0.4, -0.2) is 18.1 Å². The zero-order valence-electron chi connectivity index (χ0n) is 10.5. The van der Waals surface area contributed by atoms with Crippen LogP contribution in [0.15, 0.2) is 18.3 Å². The van der Waals surface area contributed by atoms with Crippen LogP contribution in [0.2, 0.25) is 0 Å². The lowest BCUT2D eigenvalue weighted by Gasteiger charge is -2.34. The predicted octanol–water partition coefficient (Wildman–Crippen LogP) is 2.31. The first kappa shape index (κ1) is 12.1. The largest absolute Gasteiger partial charge is 0.317 e. The Morgan fingerprint density at radius 3 is 2.59 bits per heavy atom. The van der Waals surface area contributed by atoms with Crippen molar-refractivity contribution >= 4 is 0 Å². The highest BCUT2D eigenvalue weighted by molar-refractivity contribution is 5.28. The Morgan fingerprint density at radius 1 is 1.41 bits per heavy atom. The number of nitriles is 1. The standard InChI is InChI=1S/C14H19N3/c1-11-3-4-13(17-9-11)14(10-15)7-5-12(16-2)6-8-14/h3-4,9,12,16H,5-8H2,1-2H3. The van der Waals surface area contributed by atoms with Gasteiger partial charge in [-0.15, -0.1) is 0 Å². The van der Waals surface area contributed by atoms with E-state index in [1.165, 1.54) is 0 Å². The number of rotatable bonds is 2. The van der Waals surface area contributed by atoms with E-state index in [9.17, 15) is 5.26 Å². The van der Waals surface area contributed by atoms with Gasteiger partial charge >= 0.3 is 0 Å². The number of pyridine rings is 1. The van der Waals surface area contributed by atoms with Crippen LogP contribution in [0.25, 0.3) is 0 Å². The number of aromatic nitrogens is 1. The molecular weight excluding hydrogens is 210 g/mol. The van der Waals surface area contributed by atoms with Gasteiger partial charge in [-0.1, -0.05) is 6.07 Å². The lowest BCUT2D eigenvalue weighted by molar-refractivity contribution is 0.301. The average Bonchev–Trinajstić information content (AvgIpc) is 2.40. The topological polar surface area (TPSA) is 48.7 Å². The van der Waals surface area contributed by atoms with Gasteiger partial charge in [0, 0.05) is 12.2 Å². The van der Waals surface area contributed by atoms with E-state index in [0.29, 0.717) is 6.04 Å². The highest BCUT2D eigenvalue weighted by atomic mass is 14.9. The molecule has 0 spiro atoms. The van der Waals surface area contributed by atoms with Crippen LogP contribution in [0.3, 0.4) is 0 Å². The van der Waals surface area contributed by atoms with Crippen LogP contribution in [-0.2, 0) is 5.41 Å². The van der Waals surface area contributed by atoms with Crippen molar-refractivity contribution < 1.29 is 0 Å². The summed E-state index contributed by atoms with van der Waals surface area (Å²) in [6.45, 7) is 2.02. The summed E-state index contributed by atoms with van der Waals surface area (Å²) in [6.07, 6.45) is 5.79. The van der Waals surface area contributed by atoms with Crippen molar-refractivity contribution in [3.05, 3.63) is 29.6 Å². The van der Waals surface area contributed by atoms with E-state index in [-0.39, 0.29) is 5.41 Å². The molecule has 1 aliphatic carbocycles. The summed E-state index contributed by atoms with van der Waals surface area (Å²) >= 11 is 0. The number of hydrogen-bond donors (Lipinski definition) is 1. The van der Waals surface area contributed by atoms with E-state index >= 15 is 0 Å². The van der Waals surface area contributed by atoms with Crippen LogP contribution in [0.1, 0.15) is 36.9 Å². The van der Waals surface area contributed by atoms with Crippen LogP contribution < -0.4 is 5.32 Å². The summed E-state index contributed by atoms with van der Waals surface area (Å²) in [6, 6.07) is 7.12. The normalized spacial score (nSPS) is 28.6. The first-order chi connectivity index (χ1) is 8.20. The molecule has 1 aromatic heterocycles. The number of nitrogens with zero attached hydrogens (tertiary/aromatic N) is 2. The zero-order chi connectivity index (χ0) is 12.3. The van der Waals surface area contributed by atoms with Gasteiger partial charge in [0.1, 0.15) is 0 Å². The summed E-state index contributed by atoms with van der Waals surface area (Å²) in [4.78, 5) is 4.45. The fourth-order valence-electron chi connectivity index (χ4n) is 2.58. The molecule has 0 amide bonds. The van der Waals surface area contributed by atoms with Crippen molar-refractivity contribution in [2.75, 3.05) is 7.05 Å². The number of aryl methyl sites for hydroxylation is 1. The summed E-state index contributed by atoms with van der Waals surface area (Å²) < 4.78 is 0. The highest BCUT2D eigenvalue weighted by Crippen LogP contribution is 2.37. The summed E-state index contributed by atoms with van der Waals surface area (Å²) in [5, 5.41) is 12.8. The van der Waals surface area contributed by atoms with Crippen molar-refractivity contribution in [1.82, 2.24) is 10.3 Å². The molecule has 0 aliphatic heterocycles. The van der Waals surface area contributed by atoms with E-state index < -0.39 is 0 Å². The van der Waals surface area contributed by atoms with Crippen LogP contribution in [0.4, 0.5) is 0 Å². The van der Waals surface area contributed by atoms with E-state index in [1.54, 1.807) is 0 Å². The third kappa shape index (κ3) is 2.32. The maximum Gasteiger partial charge on any atom is 0.0994 e. The summed E-state index contributed by atoms with van der Waals surface area (Å²) in [7, 11) is 1.99. The maximum absolute atomic E-state index is 9.51. The first-order valence-electron chi connectivity index (χ1n) is 6.22. The Balaban J connectivity index is 2.22. The molecule has 0 aromatic carbocycles. The predicted molar refractivity (Wildman–Crippen MR) is 67.6 cm³/mol. The molecule has 2 rings (SSSR count). The van der Waals surface area contributed by atoms with Crippen molar-refractivity contribution in [3.8, 4) is 6.07 Å². The van der Waals surface area contributed by atoms with E-state index in [1.807, 2.05) is 32.3 Å². The molecule has 1 saturated carbocycles. The second-order valence-electron chi connectivity index (χ2n) is 4.98. The fourth-order valence-corrected chi connectivity index (χ4v) is 2.58. The molecule has 3 heteroatoms. The Kier molecular flexibility index (Phi) is 3.44. The average molecular weight is 229 g/mol. The van der Waals surface area contributed by atoms with Gasteiger partial charge in [-0.3, -0.25) is 4.98 Å². The van der Waals surface area contributed by atoms with Gasteiger partial charge in [-0.2, -0.15) is 5.26 Å². The van der Waals surface area contributed by atoms with Crippen LogP contribution in [0, 0.1) is 18.3 Å². The SMILES string of the molecule is CNC1CCC(C#N)(c2ccc(C)cn2)CC1. The highest BCUT2D eigenvalue weighted by Gasteiger charge is 2.37. The zero-order valence-corrected chi connectivity index (χ0v) is 10.5. The van der Waals surface area contributed by atoms with Crippen molar-refractivity contribution in [2.24, 2.45) is 0 Å². The molecular formula is C14H19N3. The van der Waals surface area contributed by atoms with Gasteiger partial charge in [0.15, 0.2) is 0 Å². The third-order valence-corrected chi connectivity index (χ3v) is 3.86. The van der Waals surface area contributed by atoms with Crippen molar-refractivity contribution in [1.29, 1.82) is 5.26 Å². The lowest BCUT2D eigenvalue weighted by atomic mass is 9.71. The minimum absolute atomic E-state index is 0.360. The fraction of sp³-hybridized carbons (Fsp3) is 0.571. The number of hydrogen-bond acceptors (Lipinski definition) is 3. The molecule has 1 N–H and O–H groups in total. The van der Waals surface area contributed by atoms with Crippen LogP contribution >= 0.6 is 0 Å². The molecule has 0 bridgehead atoms. The van der Waals surface area contributed by atoms with E-state index in [4.69, 9.17) is 0 Å². The molecule has 0 unspecified atom stereocenters. The molecule has 1 fully saturated rings. The molecule has 0 radical (unpaired) electrons. The molecule has 90 valence electrons. The van der Waals surface area contributed by atoms with Gasteiger partial charge in [-0.05, 0) is 51.3 Å². The van der Waals surface area contributed by atoms with Crippen molar-refractivity contribution in [3.63, 3.8) is 0 Å². The third-order valence-electron chi connectivity index (χ3n) is 3.86. The van der Waals surface area contributed by atoms with Crippen molar-refractivity contribution in [2.45, 2.75) is 44.1 Å². The molecule has 0 atom stereocenters. The molecule has 1 aliphatic rings. The van der Waals surface area contributed by atoms with E-state index in [2.05, 4.69) is 16.4 Å². The minimum Gasteiger partial charge on any atom is -0.317 e. The smallest absolute Gasteiger partial charge is 0.0994 e. The molecule has 3 nitrogen and oxygen atoms in total. The minimum atomic E-state index is -0.360. The van der Waals surface area contributed by atoms with Gasteiger partial charge in [0.25, 0.3) is 0 Å². The molecule has 17 heavy (non-hydrogen) atoms. The Hall–Kier alpha value is -1.40. The maximum atomic E-state index is 9.51. The Morgan fingerprint density at radius 2 is 2.12 bits per heavy atom. The Bertz CT molecular complexity index is 408. The summed E-state index contributed by atoms with van der Waals surface area (Å²) in [5.74, 6) is 0. The first-order valence-corrected chi connectivity index (χ1v) is 6.22. The quantitative estimate of drug-likeness (QED) is 0.846. The molecule has 1 heterocycles. The molecule has 1 aromatic rings. The van der Waals surface area contributed by atoms with Gasteiger partial charge in [0.05, 0.1) is 17.2 Å². The Labute approximate surface area is 103 Å². The second-order valence-corrected chi connectivity index (χ2v) is 4.98. The lowest BCUT2D eigenvalue weighted by Crippen LogP contribution is -2.38. The van der Waals surface area contributed by atoms with Gasteiger partial charge in [-0.25, -0.2) is 0 Å². The monoisotopic (exact) mass is 229 g/mol. The number of nitrogens with one attached hydrogen (secondary N) is 1.